The summed E-state index contributed by atoms with van der Waals surface area (Å²) >= 11 is 0. The predicted octanol–water partition coefficient (Wildman–Crippen LogP) is -0.460. The van der Waals surface area contributed by atoms with Crippen LogP contribution in [0.1, 0.15) is 17.8 Å². The van der Waals surface area contributed by atoms with Gasteiger partial charge in [0.1, 0.15) is 5.69 Å². The third-order valence-electron chi connectivity index (χ3n) is 2.53. The smallest absolute Gasteiger partial charge is 0.194 e. The average Bonchev–Trinajstić information content (AvgIpc) is 3.08. The molecule has 19 heavy (non-hydrogen) atoms. The van der Waals surface area contributed by atoms with Crippen molar-refractivity contribution < 1.29 is 9.84 Å². The van der Waals surface area contributed by atoms with Crippen LogP contribution in [0, 0.1) is 0 Å². The summed E-state index contributed by atoms with van der Waals surface area (Å²) < 4.78 is 6.56. The number of imidazole rings is 1. The topological polar surface area (TPSA) is 127 Å². The fraction of sp³-hybridized carbons (Fsp3) is 0.400. The van der Waals surface area contributed by atoms with Crippen LogP contribution in [-0.2, 0) is 13.1 Å². The highest BCUT2D eigenvalue weighted by molar-refractivity contribution is 5.95. The lowest BCUT2D eigenvalue weighted by Gasteiger charge is -2.03. The van der Waals surface area contributed by atoms with Crippen molar-refractivity contribution in [2.24, 2.45) is 10.9 Å². The van der Waals surface area contributed by atoms with Gasteiger partial charge in [0.05, 0.1) is 6.33 Å². The number of hydrogen-bond donors (Lipinski definition) is 3. The second-order valence-corrected chi connectivity index (χ2v) is 3.88. The van der Waals surface area contributed by atoms with Gasteiger partial charge in [-0.15, -0.1) is 0 Å². The zero-order valence-electron chi connectivity index (χ0n) is 10.2. The molecule has 0 atom stereocenters. The summed E-state index contributed by atoms with van der Waals surface area (Å²) in [4.78, 5) is 3.96. The molecule has 4 N–H and O–H groups in total. The Hall–Kier alpha value is -2.42. The molecule has 0 unspecified atom stereocenters. The van der Waals surface area contributed by atoms with Crippen LogP contribution in [0.4, 0.5) is 0 Å². The molecule has 0 amide bonds. The molecule has 2 aromatic rings. The normalized spacial score (nSPS) is 11.9. The van der Waals surface area contributed by atoms with Gasteiger partial charge in [0.15, 0.2) is 11.5 Å². The van der Waals surface area contributed by atoms with Crippen LogP contribution in [0.15, 0.2) is 28.5 Å². The maximum absolute atomic E-state index is 8.57. The average molecular weight is 265 g/mol. The van der Waals surface area contributed by atoms with Crippen LogP contribution in [0.25, 0.3) is 0 Å². The molecule has 2 aromatic heterocycles. The molecule has 0 radical (unpaired) electrons. The Kier molecular flexibility index (Phi) is 4.45. The predicted molar refractivity (Wildman–Crippen MR) is 65.4 cm³/mol. The maximum Gasteiger partial charge on any atom is 0.194 e. The summed E-state index contributed by atoms with van der Waals surface area (Å²) in [6.45, 7) is 2.12. The zero-order chi connectivity index (χ0) is 13.5. The Labute approximate surface area is 109 Å². The van der Waals surface area contributed by atoms with Gasteiger partial charge in [-0.1, -0.05) is 10.3 Å². The van der Waals surface area contributed by atoms with E-state index < -0.39 is 0 Å². The van der Waals surface area contributed by atoms with Crippen LogP contribution < -0.4 is 11.1 Å². The van der Waals surface area contributed by atoms with E-state index in [1.165, 1.54) is 0 Å². The number of nitrogens with one attached hydrogen (secondary N) is 1. The molecular formula is C10H15N7O2. The summed E-state index contributed by atoms with van der Waals surface area (Å²) in [5.41, 5.74) is 6.20. The minimum Gasteiger partial charge on any atom is -0.409 e. The van der Waals surface area contributed by atoms with Crippen molar-refractivity contribution in [2.45, 2.75) is 19.5 Å². The fourth-order valence-corrected chi connectivity index (χ4v) is 1.58. The van der Waals surface area contributed by atoms with Crippen molar-refractivity contribution in [1.82, 2.24) is 25.2 Å². The van der Waals surface area contributed by atoms with E-state index in [0.29, 0.717) is 12.2 Å². The monoisotopic (exact) mass is 265 g/mol. The van der Waals surface area contributed by atoms with Gasteiger partial charge in [-0.3, -0.25) is 0 Å². The van der Waals surface area contributed by atoms with Gasteiger partial charge in [0.25, 0.3) is 0 Å². The highest BCUT2D eigenvalue weighted by atomic mass is 16.6. The van der Waals surface area contributed by atoms with Crippen LogP contribution in [-0.4, -0.2) is 37.5 Å². The molecule has 9 nitrogen and oxygen atoms in total. The van der Waals surface area contributed by atoms with Crippen LogP contribution >= 0.6 is 0 Å². The third-order valence-corrected chi connectivity index (χ3v) is 2.53. The number of aryl methyl sites for hydroxylation is 1. The maximum atomic E-state index is 8.57. The summed E-state index contributed by atoms with van der Waals surface area (Å²) in [6.07, 6.45) is 6.38. The van der Waals surface area contributed by atoms with Crippen LogP contribution in [0.5, 0.6) is 0 Å². The number of oxime groups is 1. The van der Waals surface area contributed by atoms with Crippen LogP contribution in [0.3, 0.4) is 0 Å². The number of amidine groups is 1. The Morgan fingerprint density at radius 2 is 2.42 bits per heavy atom. The van der Waals surface area contributed by atoms with Crippen molar-refractivity contribution in [2.75, 3.05) is 6.54 Å². The van der Waals surface area contributed by atoms with E-state index in [1.54, 1.807) is 12.5 Å². The first kappa shape index (κ1) is 13.0. The summed E-state index contributed by atoms with van der Waals surface area (Å²) in [7, 11) is 0. The Bertz CT molecular complexity index is 520. The summed E-state index contributed by atoms with van der Waals surface area (Å²) in [5, 5.41) is 21.9. The van der Waals surface area contributed by atoms with Crippen molar-refractivity contribution in [3.05, 3.63) is 30.1 Å². The van der Waals surface area contributed by atoms with Gasteiger partial charge >= 0.3 is 0 Å². The van der Waals surface area contributed by atoms with Crippen molar-refractivity contribution in [1.29, 1.82) is 0 Å². The molecule has 0 saturated carbocycles. The molecule has 102 valence electrons. The first-order chi connectivity index (χ1) is 9.31. The second-order valence-electron chi connectivity index (χ2n) is 3.88. The molecular weight excluding hydrogens is 250 g/mol. The number of hydrogen-bond acceptors (Lipinski definition) is 7. The Morgan fingerprint density at radius 1 is 1.53 bits per heavy atom. The van der Waals surface area contributed by atoms with Gasteiger partial charge in [0, 0.05) is 25.5 Å². The number of nitrogens with two attached hydrogens (primary N) is 1. The SMILES string of the molecule is NC(=NO)c1nonc1CNCCCn1ccnc1. The molecule has 2 heterocycles. The molecule has 0 spiro atoms. The van der Waals surface area contributed by atoms with Crippen molar-refractivity contribution in [3.8, 4) is 0 Å². The van der Waals surface area contributed by atoms with E-state index in [1.807, 2.05) is 10.8 Å². The molecule has 0 saturated heterocycles. The van der Waals surface area contributed by atoms with Crippen molar-refractivity contribution in [3.63, 3.8) is 0 Å². The molecule has 0 fully saturated rings. The molecule has 0 bridgehead atoms. The minimum absolute atomic E-state index is 0.114. The third kappa shape index (κ3) is 3.52. The number of nitrogens with zero attached hydrogens (tertiary/aromatic N) is 5. The lowest BCUT2D eigenvalue weighted by molar-refractivity contribution is 0.300. The van der Waals surface area contributed by atoms with Gasteiger partial charge in [-0.25, -0.2) is 9.61 Å². The quantitative estimate of drug-likeness (QED) is 0.203. The van der Waals surface area contributed by atoms with E-state index in [9.17, 15) is 0 Å². The van der Waals surface area contributed by atoms with Gasteiger partial charge in [-0.2, -0.15) is 0 Å². The first-order valence-electron chi connectivity index (χ1n) is 5.77. The summed E-state index contributed by atoms with van der Waals surface area (Å²) in [5.74, 6) is -0.114. The van der Waals surface area contributed by atoms with Gasteiger partial charge in [-0.05, 0) is 18.1 Å². The van der Waals surface area contributed by atoms with E-state index in [4.69, 9.17) is 10.9 Å². The van der Waals surface area contributed by atoms with E-state index in [2.05, 4.69) is 30.4 Å². The van der Waals surface area contributed by atoms with Crippen LogP contribution in [0.2, 0.25) is 0 Å². The molecule has 0 aliphatic carbocycles. The van der Waals surface area contributed by atoms with Crippen molar-refractivity contribution >= 4 is 5.84 Å². The van der Waals surface area contributed by atoms with E-state index in [0.717, 1.165) is 19.5 Å². The molecule has 2 rings (SSSR count). The molecule has 0 aliphatic heterocycles. The first-order valence-corrected chi connectivity index (χ1v) is 5.77. The van der Waals surface area contributed by atoms with Gasteiger partial charge in [0.2, 0.25) is 0 Å². The zero-order valence-corrected chi connectivity index (χ0v) is 10.2. The summed E-state index contributed by atoms with van der Waals surface area (Å²) in [6, 6.07) is 0. The second kappa shape index (κ2) is 6.50. The van der Waals surface area contributed by atoms with Gasteiger partial charge < -0.3 is 20.8 Å². The number of rotatable bonds is 7. The lowest BCUT2D eigenvalue weighted by Crippen LogP contribution is -2.21. The Balaban J connectivity index is 1.72. The van der Waals surface area contributed by atoms with E-state index >= 15 is 0 Å². The van der Waals surface area contributed by atoms with E-state index in [-0.39, 0.29) is 11.5 Å². The fourth-order valence-electron chi connectivity index (χ4n) is 1.58. The highest BCUT2D eigenvalue weighted by Gasteiger charge is 2.13. The molecule has 0 aromatic carbocycles. The number of aromatic nitrogens is 4. The largest absolute Gasteiger partial charge is 0.409 e. The molecule has 9 heteroatoms. The minimum atomic E-state index is -0.114. The molecule has 0 aliphatic rings. The lowest BCUT2D eigenvalue weighted by atomic mass is 10.3. The standard InChI is InChI=1S/C10H15N7O2/c11-10(14-18)9-8(15-19-16-9)6-12-2-1-4-17-5-3-13-7-17/h3,5,7,12,18H,1-2,4,6H2,(H2,11,14). The Morgan fingerprint density at radius 3 is 3.16 bits per heavy atom. The highest BCUT2D eigenvalue weighted by Crippen LogP contribution is 2.01.